The van der Waals surface area contributed by atoms with E-state index in [-0.39, 0.29) is 28.2 Å². The molecular weight excluding hydrogens is 518 g/mol. The monoisotopic (exact) mass is 541 g/mol. The van der Waals surface area contributed by atoms with Gasteiger partial charge in [-0.2, -0.15) is 0 Å². The van der Waals surface area contributed by atoms with Crippen molar-refractivity contribution in [2.75, 3.05) is 0 Å². The molecule has 0 amide bonds. The number of ether oxygens (including phenoxy) is 1. The van der Waals surface area contributed by atoms with Crippen molar-refractivity contribution in [1.82, 2.24) is 0 Å². The minimum absolute atomic E-state index is 0.00240. The van der Waals surface area contributed by atoms with Gasteiger partial charge in [-0.1, -0.05) is 103 Å². The van der Waals surface area contributed by atoms with E-state index in [1.165, 1.54) is 36.4 Å². The topological polar surface area (TPSA) is 104 Å². The minimum atomic E-state index is -1.39. The Morgan fingerprint density at radius 1 is 0.585 bits per heavy atom. The van der Waals surface area contributed by atoms with Crippen LogP contribution in [0.15, 0.2) is 133 Å². The summed E-state index contributed by atoms with van der Waals surface area (Å²) in [5.74, 6) is -1.76. The molecule has 7 heteroatoms. The first-order valence-corrected chi connectivity index (χ1v) is 12.8. The molecule has 0 bridgehead atoms. The number of nitrogens with zero attached hydrogens (tertiary/aromatic N) is 1. The maximum Gasteiger partial charge on any atom is 0.339 e. The zero-order valence-electron chi connectivity index (χ0n) is 21.7. The first kappa shape index (κ1) is 26.9. The van der Waals surface area contributed by atoms with Crippen molar-refractivity contribution in [1.29, 1.82) is 0 Å². The minimum Gasteiger partial charge on any atom is -0.445 e. The van der Waals surface area contributed by atoms with E-state index in [2.05, 4.69) is 0 Å². The average molecular weight is 542 g/mol. The third-order valence-electron chi connectivity index (χ3n) is 6.57. The van der Waals surface area contributed by atoms with Crippen LogP contribution in [0.3, 0.4) is 0 Å². The summed E-state index contributed by atoms with van der Waals surface area (Å²) in [5, 5.41) is 11.1. The molecule has 7 nitrogen and oxygen atoms in total. The number of benzene rings is 5. The maximum absolute atomic E-state index is 13.5. The lowest BCUT2D eigenvalue weighted by atomic mass is 9.96. The zero-order chi connectivity index (χ0) is 28.8. The summed E-state index contributed by atoms with van der Waals surface area (Å²) in [7, 11) is 0. The van der Waals surface area contributed by atoms with Gasteiger partial charge in [0.1, 0.15) is 0 Å². The second kappa shape index (κ2) is 12.0. The van der Waals surface area contributed by atoms with Gasteiger partial charge in [0, 0.05) is 34.4 Å². The molecule has 5 aromatic rings. The van der Waals surface area contributed by atoms with Crippen molar-refractivity contribution in [3.05, 3.63) is 171 Å². The number of hydrogen-bond donors (Lipinski definition) is 0. The van der Waals surface area contributed by atoms with Gasteiger partial charge >= 0.3 is 5.97 Å². The van der Waals surface area contributed by atoms with Gasteiger partial charge in [-0.15, -0.1) is 0 Å². The number of nitro groups is 1. The van der Waals surface area contributed by atoms with E-state index >= 15 is 0 Å². The van der Waals surface area contributed by atoms with Crippen molar-refractivity contribution in [2.24, 2.45) is 0 Å². The predicted octanol–water partition coefficient (Wildman–Crippen LogP) is 7.27. The lowest BCUT2D eigenvalue weighted by molar-refractivity contribution is -0.384. The van der Waals surface area contributed by atoms with Gasteiger partial charge in [-0.05, 0) is 29.3 Å². The number of ketones is 2. The molecule has 0 aliphatic carbocycles. The molecule has 0 N–H and O–H groups in total. The van der Waals surface area contributed by atoms with Gasteiger partial charge in [0.05, 0.1) is 10.5 Å². The molecular formula is C34H23NO6. The van der Waals surface area contributed by atoms with Crippen LogP contribution in [0.25, 0.3) is 11.1 Å². The number of carbonyl (C=O) groups is 3. The Balaban J connectivity index is 1.45. The molecule has 0 saturated heterocycles. The van der Waals surface area contributed by atoms with Crippen LogP contribution in [0.5, 0.6) is 0 Å². The molecule has 5 rings (SSSR count). The lowest BCUT2D eigenvalue weighted by Crippen LogP contribution is -2.22. The van der Waals surface area contributed by atoms with Gasteiger partial charge in [-0.3, -0.25) is 19.7 Å². The van der Waals surface area contributed by atoms with Gasteiger partial charge < -0.3 is 4.74 Å². The van der Waals surface area contributed by atoms with E-state index in [0.717, 1.165) is 11.1 Å². The lowest BCUT2D eigenvalue weighted by Gasteiger charge is -2.18. The summed E-state index contributed by atoms with van der Waals surface area (Å²) >= 11 is 0. The summed E-state index contributed by atoms with van der Waals surface area (Å²) in [5.41, 5.74) is 2.86. The van der Waals surface area contributed by atoms with Crippen molar-refractivity contribution >= 4 is 23.2 Å². The number of non-ortho nitro benzene ring substituents is 1. The second-order valence-corrected chi connectivity index (χ2v) is 9.18. The molecule has 0 radical (unpaired) electrons. The number of Topliss-reactive ketones (excluding diaryl/α,β-unsaturated/α-hetero) is 1. The van der Waals surface area contributed by atoms with Crippen LogP contribution in [-0.4, -0.2) is 22.5 Å². The predicted molar refractivity (Wildman–Crippen MR) is 154 cm³/mol. The molecule has 0 spiro atoms. The van der Waals surface area contributed by atoms with E-state index < -0.39 is 22.8 Å². The molecule has 5 aromatic carbocycles. The molecule has 1 atom stereocenters. The highest BCUT2D eigenvalue weighted by Gasteiger charge is 2.29. The normalized spacial score (nSPS) is 11.3. The molecule has 0 unspecified atom stereocenters. The van der Waals surface area contributed by atoms with Crippen LogP contribution in [0.1, 0.15) is 48.3 Å². The molecule has 0 aromatic heterocycles. The van der Waals surface area contributed by atoms with Gasteiger partial charge in [0.2, 0.25) is 5.78 Å². The first-order valence-electron chi connectivity index (χ1n) is 12.8. The Morgan fingerprint density at radius 3 is 1.73 bits per heavy atom. The standard InChI is InChI=1S/C34H23NO6/c36-31(26-17-15-24(16-18-26)23-9-3-1-4-10-23)29-13-7-8-14-30(29)34(38)41-33(32(37)25-11-5-2-6-12-25)27-19-21-28(22-20-27)35(39)40/h1-22,33H/t33-/m1/s1. The number of nitro benzene ring substituents is 1. The van der Waals surface area contributed by atoms with E-state index in [0.29, 0.717) is 11.1 Å². The maximum atomic E-state index is 13.5. The summed E-state index contributed by atoms with van der Waals surface area (Å²) in [6.45, 7) is 0. The van der Waals surface area contributed by atoms with Crippen molar-refractivity contribution in [2.45, 2.75) is 6.10 Å². The fraction of sp³-hybridized carbons (Fsp3) is 0.0294. The average Bonchev–Trinajstić information content (AvgIpc) is 3.04. The Labute approximate surface area is 235 Å². The Kier molecular flexibility index (Phi) is 7.88. The van der Waals surface area contributed by atoms with Crippen molar-refractivity contribution in [3.8, 4) is 11.1 Å². The molecule has 0 fully saturated rings. The number of hydrogen-bond acceptors (Lipinski definition) is 6. The summed E-state index contributed by atoms with van der Waals surface area (Å²) < 4.78 is 5.73. The van der Waals surface area contributed by atoms with Crippen LogP contribution >= 0.6 is 0 Å². The van der Waals surface area contributed by atoms with Crippen molar-refractivity contribution < 1.29 is 24.0 Å². The number of carbonyl (C=O) groups excluding carboxylic acids is 3. The van der Waals surface area contributed by atoms with Crippen molar-refractivity contribution in [3.63, 3.8) is 0 Å². The van der Waals surface area contributed by atoms with E-state index in [4.69, 9.17) is 4.74 Å². The highest BCUT2D eigenvalue weighted by atomic mass is 16.6. The highest BCUT2D eigenvalue weighted by Crippen LogP contribution is 2.28. The smallest absolute Gasteiger partial charge is 0.339 e. The molecule has 0 saturated carbocycles. The summed E-state index contributed by atoms with van der Waals surface area (Å²) in [6.07, 6.45) is -1.39. The fourth-order valence-electron chi connectivity index (χ4n) is 4.43. The number of esters is 1. The number of rotatable bonds is 9. The van der Waals surface area contributed by atoms with Crippen LogP contribution < -0.4 is 0 Å². The van der Waals surface area contributed by atoms with Crippen LogP contribution in [-0.2, 0) is 4.74 Å². The molecule has 0 aliphatic heterocycles. The zero-order valence-corrected chi connectivity index (χ0v) is 21.7. The summed E-state index contributed by atoms with van der Waals surface area (Å²) in [6, 6.07) is 36.6. The second-order valence-electron chi connectivity index (χ2n) is 9.18. The van der Waals surface area contributed by atoms with E-state index in [1.54, 1.807) is 54.6 Å². The molecule has 200 valence electrons. The van der Waals surface area contributed by atoms with Crippen LogP contribution in [0, 0.1) is 10.1 Å². The highest BCUT2D eigenvalue weighted by molar-refractivity contribution is 6.15. The van der Waals surface area contributed by atoms with Gasteiger partial charge in [-0.25, -0.2) is 4.79 Å². The van der Waals surface area contributed by atoms with Crippen LogP contribution in [0.2, 0.25) is 0 Å². The quantitative estimate of drug-likeness (QED) is 0.0841. The molecule has 0 aliphatic rings. The third kappa shape index (κ3) is 5.99. The van der Waals surface area contributed by atoms with Crippen LogP contribution in [0.4, 0.5) is 5.69 Å². The Morgan fingerprint density at radius 2 is 1.12 bits per heavy atom. The van der Waals surface area contributed by atoms with Gasteiger partial charge in [0.15, 0.2) is 11.9 Å². The third-order valence-corrected chi connectivity index (χ3v) is 6.57. The summed E-state index contributed by atoms with van der Waals surface area (Å²) in [4.78, 5) is 51.0. The molecule has 41 heavy (non-hydrogen) atoms. The van der Waals surface area contributed by atoms with Gasteiger partial charge in [0.25, 0.3) is 5.69 Å². The van der Waals surface area contributed by atoms with E-state index in [9.17, 15) is 24.5 Å². The molecule has 0 heterocycles. The van der Waals surface area contributed by atoms with E-state index in [1.807, 2.05) is 42.5 Å². The fourth-order valence-corrected chi connectivity index (χ4v) is 4.43. The first-order chi connectivity index (χ1) is 19.9. The SMILES string of the molecule is O=C(O[C@@H](C(=O)c1ccccc1)c1ccc([N+](=O)[O-])cc1)c1ccccc1C(=O)c1ccc(-c2ccccc2)cc1. The largest absolute Gasteiger partial charge is 0.445 e. The Bertz CT molecular complexity index is 1710. The Hall–Kier alpha value is -5.69.